The van der Waals surface area contributed by atoms with Gasteiger partial charge in [0.05, 0.1) is 6.54 Å². The van der Waals surface area contributed by atoms with Gasteiger partial charge in [-0.2, -0.15) is 0 Å². The first kappa shape index (κ1) is 15.4. The Kier molecular flexibility index (Phi) is 4.26. The number of hydrogen-bond donors (Lipinski definition) is 1. The maximum Gasteiger partial charge on any atom is 0.323 e. The number of carbonyl (C=O) groups is 1. The van der Waals surface area contributed by atoms with Gasteiger partial charge in [0.1, 0.15) is 17.8 Å². The number of aliphatic hydroxyl groups is 1. The zero-order chi connectivity index (χ0) is 16.4. The number of ether oxygens (including phenoxy) is 1. The van der Waals surface area contributed by atoms with Crippen LogP contribution in [-0.2, 0) is 11.3 Å². The molecule has 2 unspecified atom stereocenters. The molecule has 0 bridgehead atoms. The highest BCUT2D eigenvalue weighted by Gasteiger charge is 2.38. The Morgan fingerprint density at radius 2 is 1.87 bits per heavy atom. The summed E-state index contributed by atoms with van der Waals surface area (Å²) in [5.74, 6) is -0.788. The van der Waals surface area contributed by atoms with Crippen LogP contribution in [0.5, 0.6) is 5.75 Å². The van der Waals surface area contributed by atoms with Crippen molar-refractivity contribution >= 4 is 11.7 Å². The number of rotatable bonds is 3. The lowest BCUT2D eigenvalue weighted by Crippen LogP contribution is -2.36. The summed E-state index contributed by atoms with van der Waals surface area (Å²) in [6.07, 6.45) is -0.923. The topological polar surface area (TPSA) is 58.9 Å². The average Bonchev–Trinajstić information content (AvgIpc) is 2.54. The minimum atomic E-state index is -0.923. The van der Waals surface area contributed by atoms with Crippen LogP contribution in [0.25, 0.3) is 0 Å². The van der Waals surface area contributed by atoms with E-state index in [1.807, 2.05) is 37.3 Å². The Morgan fingerprint density at radius 3 is 2.65 bits per heavy atom. The molecule has 3 rings (SSSR count). The molecule has 0 saturated carbocycles. The van der Waals surface area contributed by atoms with Crippen LogP contribution in [0.15, 0.2) is 53.5 Å². The number of fused-ring (bicyclic) bond motifs is 1. The molecular formula is C19H19NO3. The van der Waals surface area contributed by atoms with E-state index in [9.17, 15) is 9.90 Å². The molecule has 0 fully saturated rings. The van der Waals surface area contributed by atoms with Crippen LogP contribution < -0.4 is 4.74 Å². The maximum atomic E-state index is 12.2. The molecule has 2 aromatic carbocycles. The number of aliphatic imine (C=N–C) groups is 1. The molecule has 0 aromatic heterocycles. The van der Waals surface area contributed by atoms with Crippen molar-refractivity contribution in [3.63, 3.8) is 0 Å². The number of hydrogen-bond acceptors (Lipinski definition) is 4. The second-order valence-electron chi connectivity index (χ2n) is 5.77. The number of nitrogens with zero attached hydrogens (tertiary/aromatic N) is 1. The van der Waals surface area contributed by atoms with E-state index >= 15 is 0 Å². The smallest absolute Gasteiger partial charge is 0.323 e. The molecule has 2 atom stereocenters. The zero-order valence-corrected chi connectivity index (χ0v) is 13.2. The van der Waals surface area contributed by atoms with E-state index in [2.05, 4.69) is 4.99 Å². The van der Waals surface area contributed by atoms with Gasteiger partial charge >= 0.3 is 5.97 Å². The predicted molar refractivity (Wildman–Crippen MR) is 88.5 cm³/mol. The molecule has 1 aliphatic heterocycles. The number of carbonyl (C=O) groups excluding carboxylic acids is 1. The van der Waals surface area contributed by atoms with Crippen molar-refractivity contribution in [3.05, 3.63) is 65.2 Å². The molecule has 0 saturated heterocycles. The summed E-state index contributed by atoms with van der Waals surface area (Å²) in [6, 6.07) is 15.0. The van der Waals surface area contributed by atoms with Crippen molar-refractivity contribution < 1.29 is 14.6 Å². The second-order valence-corrected chi connectivity index (χ2v) is 5.77. The highest BCUT2D eigenvalue weighted by Crippen LogP contribution is 2.36. The van der Waals surface area contributed by atoms with Gasteiger partial charge in [-0.05, 0) is 31.0 Å². The van der Waals surface area contributed by atoms with Crippen molar-refractivity contribution in [2.45, 2.75) is 26.5 Å². The van der Waals surface area contributed by atoms with Crippen LogP contribution in [0.1, 0.15) is 29.7 Å². The van der Waals surface area contributed by atoms with Gasteiger partial charge in [-0.15, -0.1) is 0 Å². The quantitative estimate of drug-likeness (QED) is 0.538. The van der Waals surface area contributed by atoms with E-state index in [1.54, 1.807) is 25.1 Å². The Bertz CT molecular complexity index is 767. The Balaban J connectivity index is 1.85. The minimum absolute atomic E-state index is 0.424. The molecule has 0 amide bonds. The third kappa shape index (κ3) is 3.03. The van der Waals surface area contributed by atoms with E-state index in [4.69, 9.17) is 4.74 Å². The average molecular weight is 309 g/mol. The van der Waals surface area contributed by atoms with Gasteiger partial charge in [0.15, 0.2) is 0 Å². The fourth-order valence-electron chi connectivity index (χ4n) is 2.79. The third-order valence-electron chi connectivity index (χ3n) is 4.23. The Hall–Kier alpha value is -2.46. The molecule has 0 radical (unpaired) electrons. The van der Waals surface area contributed by atoms with E-state index in [0.29, 0.717) is 23.6 Å². The van der Waals surface area contributed by atoms with Crippen molar-refractivity contribution in [1.29, 1.82) is 0 Å². The van der Waals surface area contributed by atoms with Crippen molar-refractivity contribution in [2.24, 2.45) is 10.9 Å². The van der Waals surface area contributed by atoms with Crippen LogP contribution in [0.3, 0.4) is 0 Å². The van der Waals surface area contributed by atoms with Crippen molar-refractivity contribution in [1.82, 2.24) is 0 Å². The summed E-state index contributed by atoms with van der Waals surface area (Å²) in [5, 5.41) is 10.5. The summed E-state index contributed by atoms with van der Waals surface area (Å²) >= 11 is 0. The fourth-order valence-corrected chi connectivity index (χ4v) is 2.79. The molecule has 1 heterocycles. The summed E-state index contributed by atoms with van der Waals surface area (Å²) in [6.45, 7) is 4.28. The van der Waals surface area contributed by atoms with E-state index < -0.39 is 18.0 Å². The van der Waals surface area contributed by atoms with Crippen molar-refractivity contribution in [3.8, 4) is 5.75 Å². The third-order valence-corrected chi connectivity index (χ3v) is 4.23. The second kappa shape index (κ2) is 6.34. The minimum Gasteiger partial charge on any atom is -0.426 e. The van der Waals surface area contributed by atoms with Gasteiger partial charge in [0.25, 0.3) is 0 Å². The SMILES string of the molecule is CC(=NCc1ccccc1C)C1C(=O)Oc2ccccc2C1O. The first-order chi connectivity index (χ1) is 11.1. The number of esters is 1. The normalized spacial score (nSPS) is 20.8. The van der Waals surface area contributed by atoms with Crippen LogP contribution in [-0.4, -0.2) is 16.8 Å². The van der Waals surface area contributed by atoms with Crippen molar-refractivity contribution in [2.75, 3.05) is 0 Å². The lowest BCUT2D eigenvalue weighted by molar-refractivity contribution is -0.141. The molecule has 1 aliphatic rings. The first-order valence-electron chi connectivity index (χ1n) is 7.62. The lowest BCUT2D eigenvalue weighted by atomic mass is 9.89. The molecule has 2 aromatic rings. The standard InChI is InChI=1S/C19H19NO3/c1-12-7-3-4-8-14(12)11-20-13(2)17-18(21)15-9-5-6-10-16(15)23-19(17)22/h3-10,17-18,21H,11H2,1-2H3. The van der Waals surface area contributed by atoms with Crippen LogP contribution in [0.4, 0.5) is 0 Å². The fraction of sp³-hybridized carbons (Fsp3) is 0.263. The number of benzene rings is 2. The summed E-state index contributed by atoms with van der Waals surface area (Å²) < 4.78 is 5.33. The molecule has 4 nitrogen and oxygen atoms in total. The predicted octanol–water partition coefficient (Wildman–Crippen LogP) is 3.22. The molecule has 4 heteroatoms. The number of para-hydroxylation sites is 1. The van der Waals surface area contributed by atoms with Gasteiger partial charge in [-0.25, -0.2) is 0 Å². The number of aliphatic hydroxyl groups excluding tert-OH is 1. The molecular weight excluding hydrogens is 290 g/mol. The first-order valence-corrected chi connectivity index (χ1v) is 7.62. The highest BCUT2D eigenvalue weighted by molar-refractivity contribution is 6.03. The van der Waals surface area contributed by atoms with Gasteiger partial charge in [-0.3, -0.25) is 9.79 Å². The molecule has 118 valence electrons. The number of aryl methyl sites for hydroxylation is 1. The van der Waals surface area contributed by atoms with Crippen LogP contribution >= 0.6 is 0 Å². The van der Waals surface area contributed by atoms with E-state index in [-0.39, 0.29) is 0 Å². The monoisotopic (exact) mass is 309 g/mol. The lowest BCUT2D eigenvalue weighted by Gasteiger charge is -2.28. The van der Waals surface area contributed by atoms with Gasteiger partial charge in [-0.1, -0.05) is 42.5 Å². The zero-order valence-electron chi connectivity index (χ0n) is 13.2. The Labute approximate surface area is 135 Å². The van der Waals surface area contributed by atoms with Gasteiger partial charge in [0.2, 0.25) is 0 Å². The van der Waals surface area contributed by atoms with Crippen LogP contribution in [0, 0.1) is 12.8 Å². The van der Waals surface area contributed by atoms with Gasteiger partial charge < -0.3 is 9.84 Å². The van der Waals surface area contributed by atoms with Crippen LogP contribution in [0.2, 0.25) is 0 Å². The maximum absolute atomic E-state index is 12.2. The molecule has 1 N–H and O–H groups in total. The summed E-state index contributed by atoms with van der Waals surface area (Å²) in [4.78, 5) is 16.7. The largest absolute Gasteiger partial charge is 0.426 e. The summed E-state index contributed by atoms with van der Waals surface area (Å²) in [5.41, 5.74) is 3.47. The molecule has 23 heavy (non-hydrogen) atoms. The Morgan fingerprint density at radius 1 is 1.17 bits per heavy atom. The van der Waals surface area contributed by atoms with E-state index in [0.717, 1.165) is 11.1 Å². The molecule has 0 aliphatic carbocycles. The molecule has 0 spiro atoms. The van der Waals surface area contributed by atoms with Gasteiger partial charge in [0, 0.05) is 11.3 Å². The van der Waals surface area contributed by atoms with E-state index in [1.165, 1.54) is 0 Å². The highest BCUT2D eigenvalue weighted by atomic mass is 16.5. The summed E-state index contributed by atoms with van der Waals surface area (Å²) in [7, 11) is 0.